The summed E-state index contributed by atoms with van der Waals surface area (Å²) in [6.07, 6.45) is 3.60. The number of guanidine groups is 1. The third-order valence-corrected chi connectivity index (χ3v) is 5.31. The molecule has 1 aliphatic carbocycles. The second-order valence-electron chi connectivity index (χ2n) is 6.75. The smallest absolute Gasteiger partial charge is 0.193 e. The highest BCUT2D eigenvalue weighted by molar-refractivity contribution is 6.30. The van der Waals surface area contributed by atoms with Crippen LogP contribution in [0.4, 0.5) is 0 Å². The van der Waals surface area contributed by atoms with Gasteiger partial charge in [0.15, 0.2) is 5.96 Å². The number of ether oxygens (including phenoxy) is 1. The topological polar surface area (TPSA) is 36.9 Å². The predicted molar refractivity (Wildman–Crippen MR) is 95.3 cm³/mol. The lowest BCUT2D eigenvalue weighted by Crippen LogP contribution is -2.43. The van der Waals surface area contributed by atoms with E-state index in [9.17, 15) is 0 Å². The van der Waals surface area contributed by atoms with Gasteiger partial charge in [-0.2, -0.15) is 0 Å². The van der Waals surface area contributed by atoms with Crippen molar-refractivity contribution in [2.24, 2.45) is 10.9 Å². The van der Waals surface area contributed by atoms with Crippen molar-refractivity contribution in [3.63, 3.8) is 0 Å². The number of methoxy groups -OCH3 is 1. The molecule has 126 valence electrons. The van der Waals surface area contributed by atoms with E-state index in [1.807, 2.05) is 19.2 Å². The molecule has 1 unspecified atom stereocenters. The highest BCUT2D eigenvalue weighted by Gasteiger charge is 2.44. The molecule has 1 atom stereocenters. The van der Waals surface area contributed by atoms with Crippen molar-refractivity contribution in [1.29, 1.82) is 0 Å². The Morgan fingerprint density at radius 2 is 2.30 bits per heavy atom. The van der Waals surface area contributed by atoms with E-state index >= 15 is 0 Å². The Labute approximate surface area is 143 Å². The van der Waals surface area contributed by atoms with Gasteiger partial charge in [0.2, 0.25) is 0 Å². The number of nitrogens with one attached hydrogen (secondary N) is 1. The Morgan fingerprint density at radius 1 is 1.48 bits per heavy atom. The van der Waals surface area contributed by atoms with E-state index in [0.717, 1.165) is 37.2 Å². The van der Waals surface area contributed by atoms with Crippen molar-refractivity contribution in [2.75, 3.05) is 40.4 Å². The largest absolute Gasteiger partial charge is 0.384 e. The van der Waals surface area contributed by atoms with Crippen LogP contribution in [-0.2, 0) is 10.2 Å². The molecule has 0 amide bonds. The van der Waals surface area contributed by atoms with Gasteiger partial charge in [-0.25, -0.2) is 0 Å². The van der Waals surface area contributed by atoms with Crippen LogP contribution in [0.15, 0.2) is 29.3 Å². The summed E-state index contributed by atoms with van der Waals surface area (Å²) in [6, 6.07) is 8.27. The van der Waals surface area contributed by atoms with Gasteiger partial charge >= 0.3 is 0 Å². The van der Waals surface area contributed by atoms with Gasteiger partial charge in [0.1, 0.15) is 0 Å². The summed E-state index contributed by atoms with van der Waals surface area (Å²) in [7, 11) is 3.64. The molecule has 1 heterocycles. The van der Waals surface area contributed by atoms with Gasteiger partial charge in [0.25, 0.3) is 0 Å². The van der Waals surface area contributed by atoms with Gasteiger partial charge in [-0.3, -0.25) is 4.99 Å². The molecule has 1 saturated heterocycles. The molecule has 1 N–H and O–H groups in total. The van der Waals surface area contributed by atoms with Gasteiger partial charge in [0.05, 0.1) is 6.61 Å². The second-order valence-corrected chi connectivity index (χ2v) is 7.18. The number of benzene rings is 1. The van der Waals surface area contributed by atoms with Gasteiger partial charge in [-0.1, -0.05) is 23.7 Å². The molecule has 5 heteroatoms. The van der Waals surface area contributed by atoms with Crippen molar-refractivity contribution in [3.8, 4) is 0 Å². The molecule has 0 spiro atoms. The van der Waals surface area contributed by atoms with Crippen molar-refractivity contribution < 1.29 is 4.74 Å². The summed E-state index contributed by atoms with van der Waals surface area (Å²) >= 11 is 6.15. The molecule has 3 rings (SSSR count). The van der Waals surface area contributed by atoms with Gasteiger partial charge in [0, 0.05) is 50.1 Å². The number of hydrogen-bond acceptors (Lipinski definition) is 2. The van der Waals surface area contributed by atoms with E-state index in [0.29, 0.717) is 5.92 Å². The summed E-state index contributed by atoms with van der Waals surface area (Å²) in [5, 5.41) is 4.41. The Kier molecular flexibility index (Phi) is 5.12. The van der Waals surface area contributed by atoms with E-state index in [1.165, 1.54) is 24.8 Å². The fraction of sp³-hybridized carbons (Fsp3) is 0.611. The zero-order chi connectivity index (χ0) is 16.3. The molecule has 2 fully saturated rings. The van der Waals surface area contributed by atoms with Gasteiger partial charge < -0.3 is 15.0 Å². The first-order valence-electron chi connectivity index (χ1n) is 8.37. The number of aliphatic imine (C=N–C) groups is 1. The minimum Gasteiger partial charge on any atom is -0.384 e. The maximum Gasteiger partial charge on any atom is 0.193 e. The first-order valence-corrected chi connectivity index (χ1v) is 8.75. The lowest BCUT2D eigenvalue weighted by Gasteiger charge is -2.24. The van der Waals surface area contributed by atoms with Crippen LogP contribution in [0.25, 0.3) is 0 Å². The fourth-order valence-corrected chi connectivity index (χ4v) is 3.70. The van der Waals surface area contributed by atoms with Crippen LogP contribution in [0, 0.1) is 5.92 Å². The van der Waals surface area contributed by atoms with E-state index in [2.05, 4.69) is 27.3 Å². The maximum atomic E-state index is 6.15. The summed E-state index contributed by atoms with van der Waals surface area (Å²) in [6.45, 7) is 3.83. The Morgan fingerprint density at radius 3 is 2.96 bits per heavy atom. The predicted octanol–water partition coefficient (Wildman–Crippen LogP) is 2.92. The van der Waals surface area contributed by atoms with Crippen molar-refractivity contribution in [3.05, 3.63) is 34.9 Å². The van der Waals surface area contributed by atoms with Crippen molar-refractivity contribution in [1.82, 2.24) is 10.2 Å². The molecular weight excluding hydrogens is 310 g/mol. The summed E-state index contributed by atoms with van der Waals surface area (Å²) < 4.78 is 5.28. The van der Waals surface area contributed by atoms with Crippen LogP contribution >= 0.6 is 11.6 Å². The Hall–Kier alpha value is -1.26. The monoisotopic (exact) mass is 335 g/mol. The van der Waals surface area contributed by atoms with E-state index in [1.54, 1.807) is 7.11 Å². The second kappa shape index (κ2) is 7.10. The minimum atomic E-state index is 0.229. The van der Waals surface area contributed by atoms with E-state index in [-0.39, 0.29) is 5.41 Å². The highest BCUT2D eigenvalue weighted by Crippen LogP contribution is 2.48. The summed E-state index contributed by atoms with van der Waals surface area (Å²) in [5.41, 5.74) is 1.57. The van der Waals surface area contributed by atoms with Gasteiger partial charge in [-0.05, 0) is 37.0 Å². The quantitative estimate of drug-likeness (QED) is 0.664. The molecule has 1 saturated carbocycles. The average Bonchev–Trinajstić information content (AvgIpc) is 3.21. The van der Waals surface area contributed by atoms with Crippen molar-refractivity contribution >= 4 is 17.6 Å². The molecule has 1 aliphatic heterocycles. The first kappa shape index (κ1) is 16.6. The van der Waals surface area contributed by atoms with Crippen LogP contribution in [0.2, 0.25) is 5.02 Å². The third kappa shape index (κ3) is 3.81. The number of halogens is 1. The number of likely N-dealkylation sites (tertiary alicyclic amines) is 1. The minimum absolute atomic E-state index is 0.229. The lowest BCUT2D eigenvalue weighted by atomic mass is 9.96. The molecule has 4 nitrogen and oxygen atoms in total. The summed E-state index contributed by atoms with van der Waals surface area (Å²) in [5.74, 6) is 1.62. The standard InChI is InChI=1S/C18H26ClN3O/c1-20-17(22-9-6-14(11-22)12-23-2)21-13-18(7-8-18)15-4-3-5-16(19)10-15/h3-5,10,14H,6-9,11-13H2,1-2H3,(H,20,21). The molecule has 0 radical (unpaired) electrons. The van der Waals surface area contributed by atoms with E-state index in [4.69, 9.17) is 16.3 Å². The van der Waals surface area contributed by atoms with Crippen LogP contribution in [0.1, 0.15) is 24.8 Å². The fourth-order valence-electron chi connectivity index (χ4n) is 3.51. The van der Waals surface area contributed by atoms with Crippen LogP contribution < -0.4 is 5.32 Å². The zero-order valence-electron chi connectivity index (χ0n) is 14.0. The molecule has 0 bridgehead atoms. The average molecular weight is 336 g/mol. The normalized spacial score (nSPS) is 23.2. The van der Waals surface area contributed by atoms with Gasteiger partial charge in [-0.15, -0.1) is 0 Å². The molecule has 2 aliphatic rings. The molecule has 1 aromatic rings. The lowest BCUT2D eigenvalue weighted by molar-refractivity contribution is 0.157. The molecular formula is C18H26ClN3O. The van der Waals surface area contributed by atoms with Crippen LogP contribution in [0.3, 0.4) is 0 Å². The Bertz CT molecular complexity index is 571. The molecule has 0 aromatic heterocycles. The van der Waals surface area contributed by atoms with Crippen LogP contribution in [0.5, 0.6) is 0 Å². The highest BCUT2D eigenvalue weighted by atomic mass is 35.5. The number of hydrogen-bond donors (Lipinski definition) is 1. The zero-order valence-corrected chi connectivity index (χ0v) is 14.8. The maximum absolute atomic E-state index is 6.15. The third-order valence-electron chi connectivity index (χ3n) is 5.07. The summed E-state index contributed by atoms with van der Waals surface area (Å²) in [4.78, 5) is 6.82. The Balaban J connectivity index is 1.59. The van der Waals surface area contributed by atoms with E-state index < -0.39 is 0 Å². The number of rotatable bonds is 5. The first-order chi connectivity index (χ1) is 11.2. The molecule has 1 aromatic carbocycles. The molecule has 23 heavy (non-hydrogen) atoms. The van der Waals surface area contributed by atoms with Crippen LogP contribution in [-0.4, -0.2) is 51.3 Å². The van der Waals surface area contributed by atoms with Crippen molar-refractivity contribution in [2.45, 2.75) is 24.7 Å². The SMILES string of the molecule is CN=C(NCC1(c2cccc(Cl)c2)CC1)N1CCC(COC)C1. The number of nitrogens with zero attached hydrogens (tertiary/aromatic N) is 2.